The molecule has 3 unspecified atom stereocenters. The molecule has 0 aromatic carbocycles. The van der Waals surface area contributed by atoms with Crippen molar-refractivity contribution in [2.75, 3.05) is 26.7 Å². The van der Waals surface area contributed by atoms with Gasteiger partial charge < -0.3 is 9.80 Å². The first kappa shape index (κ1) is 15.8. The Kier molecular flexibility index (Phi) is 5.44. The molecule has 3 atom stereocenters. The third-order valence-corrected chi connectivity index (χ3v) is 4.71. The molecule has 2 aliphatic heterocycles. The zero-order valence-electron chi connectivity index (χ0n) is 13.6. The van der Waals surface area contributed by atoms with E-state index in [0.29, 0.717) is 17.7 Å². The second kappa shape index (κ2) is 6.90. The van der Waals surface area contributed by atoms with E-state index in [4.69, 9.17) is 0 Å². The summed E-state index contributed by atoms with van der Waals surface area (Å²) in [5.74, 6) is 1.47. The van der Waals surface area contributed by atoms with E-state index >= 15 is 0 Å². The predicted molar refractivity (Wildman–Crippen MR) is 82.4 cm³/mol. The number of likely N-dealkylation sites (tertiary alicyclic amines) is 1. The monoisotopic (exact) mass is 281 g/mol. The standard InChI is InChI=1S/C16H31N3O/c1-5-6-7-14-16(20)19(15(17-14)12(2)3)11-13-8-9-18(4)10-13/h12-15,17H,5-11H2,1-4H3. The molecule has 4 nitrogen and oxygen atoms in total. The van der Waals surface area contributed by atoms with Crippen molar-refractivity contribution in [1.29, 1.82) is 0 Å². The Labute approximate surface area is 123 Å². The van der Waals surface area contributed by atoms with E-state index in [0.717, 1.165) is 32.4 Å². The number of unbranched alkanes of at least 4 members (excludes halogenated alkanes) is 1. The highest BCUT2D eigenvalue weighted by atomic mass is 16.2. The minimum atomic E-state index is 0.0569. The molecule has 0 aliphatic carbocycles. The molecule has 1 amide bonds. The Balaban J connectivity index is 1.98. The minimum Gasteiger partial charge on any atom is -0.325 e. The molecule has 116 valence electrons. The molecule has 2 rings (SSSR count). The van der Waals surface area contributed by atoms with Gasteiger partial charge in [0.05, 0.1) is 12.2 Å². The molecule has 0 radical (unpaired) electrons. The summed E-state index contributed by atoms with van der Waals surface area (Å²) in [5.41, 5.74) is 0. The smallest absolute Gasteiger partial charge is 0.241 e. The van der Waals surface area contributed by atoms with Crippen LogP contribution in [-0.4, -0.2) is 54.6 Å². The first-order chi connectivity index (χ1) is 9.52. The Morgan fingerprint density at radius 3 is 2.70 bits per heavy atom. The third-order valence-electron chi connectivity index (χ3n) is 4.71. The van der Waals surface area contributed by atoms with E-state index in [9.17, 15) is 4.79 Å². The molecule has 1 N–H and O–H groups in total. The highest BCUT2D eigenvalue weighted by Crippen LogP contribution is 2.24. The Bertz CT molecular complexity index is 332. The van der Waals surface area contributed by atoms with Crippen molar-refractivity contribution in [3.05, 3.63) is 0 Å². The van der Waals surface area contributed by atoms with Crippen molar-refractivity contribution in [2.45, 2.75) is 58.7 Å². The molecule has 2 fully saturated rings. The second-order valence-electron chi connectivity index (χ2n) is 6.96. The highest BCUT2D eigenvalue weighted by molar-refractivity contribution is 5.84. The summed E-state index contributed by atoms with van der Waals surface area (Å²) in [6.45, 7) is 9.84. The summed E-state index contributed by atoms with van der Waals surface area (Å²) < 4.78 is 0. The van der Waals surface area contributed by atoms with Gasteiger partial charge in [-0.15, -0.1) is 0 Å². The van der Waals surface area contributed by atoms with Crippen LogP contribution in [0.3, 0.4) is 0 Å². The minimum absolute atomic E-state index is 0.0569. The zero-order valence-corrected chi connectivity index (χ0v) is 13.6. The summed E-state index contributed by atoms with van der Waals surface area (Å²) in [4.78, 5) is 17.2. The lowest BCUT2D eigenvalue weighted by Crippen LogP contribution is -2.44. The maximum absolute atomic E-state index is 12.6. The first-order valence-corrected chi connectivity index (χ1v) is 8.28. The maximum atomic E-state index is 12.6. The molecule has 0 bridgehead atoms. The van der Waals surface area contributed by atoms with E-state index in [-0.39, 0.29) is 12.2 Å². The van der Waals surface area contributed by atoms with Crippen LogP contribution < -0.4 is 5.32 Å². The van der Waals surface area contributed by atoms with Gasteiger partial charge in [0.2, 0.25) is 5.91 Å². The number of nitrogens with zero attached hydrogens (tertiary/aromatic N) is 2. The number of rotatable bonds is 6. The van der Waals surface area contributed by atoms with Gasteiger partial charge in [-0.3, -0.25) is 10.1 Å². The lowest BCUT2D eigenvalue weighted by atomic mass is 10.1. The van der Waals surface area contributed by atoms with Crippen LogP contribution in [0.2, 0.25) is 0 Å². The zero-order chi connectivity index (χ0) is 14.7. The van der Waals surface area contributed by atoms with Gasteiger partial charge in [-0.25, -0.2) is 0 Å². The van der Waals surface area contributed by atoms with Crippen LogP contribution in [0.5, 0.6) is 0 Å². The molecule has 2 saturated heterocycles. The Morgan fingerprint density at radius 2 is 2.15 bits per heavy atom. The van der Waals surface area contributed by atoms with E-state index in [1.54, 1.807) is 0 Å². The van der Waals surface area contributed by atoms with Crippen LogP contribution in [0.15, 0.2) is 0 Å². The quantitative estimate of drug-likeness (QED) is 0.808. The van der Waals surface area contributed by atoms with E-state index in [1.807, 2.05) is 0 Å². The molecule has 20 heavy (non-hydrogen) atoms. The van der Waals surface area contributed by atoms with Crippen LogP contribution in [0.25, 0.3) is 0 Å². The van der Waals surface area contributed by atoms with Crippen LogP contribution in [-0.2, 0) is 4.79 Å². The number of hydrogen-bond donors (Lipinski definition) is 1. The van der Waals surface area contributed by atoms with Gasteiger partial charge in [0.25, 0.3) is 0 Å². The fourth-order valence-corrected chi connectivity index (χ4v) is 3.53. The maximum Gasteiger partial charge on any atom is 0.241 e. The number of amides is 1. The molecular formula is C16H31N3O. The van der Waals surface area contributed by atoms with Crippen LogP contribution >= 0.6 is 0 Å². The van der Waals surface area contributed by atoms with E-state index in [2.05, 4.69) is 42.9 Å². The third kappa shape index (κ3) is 3.53. The summed E-state index contributed by atoms with van der Waals surface area (Å²) in [6.07, 6.45) is 4.74. The van der Waals surface area contributed by atoms with Crippen molar-refractivity contribution in [3.8, 4) is 0 Å². The van der Waals surface area contributed by atoms with Gasteiger partial charge in [0.1, 0.15) is 0 Å². The summed E-state index contributed by atoms with van der Waals surface area (Å²) in [6, 6.07) is 0.0569. The average Bonchev–Trinajstić information content (AvgIpc) is 2.94. The van der Waals surface area contributed by atoms with Gasteiger partial charge in [-0.2, -0.15) is 0 Å². The summed E-state index contributed by atoms with van der Waals surface area (Å²) in [7, 11) is 2.17. The normalized spacial score (nSPS) is 31.8. The number of carbonyl (C=O) groups is 1. The van der Waals surface area contributed by atoms with Gasteiger partial charge in [0, 0.05) is 13.1 Å². The van der Waals surface area contributed by atoms with Gasteiger partial charge in [0.15, 0.2) is 0 Å². The fourth-order valence-electron chi connectivity index (χ4n) is 3.53. The van der Waals surface area contributed by atoms with Crippen molar-refractivity contribution in [3.63, 3.8) is 0 Å². The lowest BCUT2D eigenvalue weighted by Gasteiger charge is -2.29. The van der Waals surface area contributed by atoms with E-state index < -0.39 is 0 Å². The first-order valence-electron chi connectivity index (χ1n) is 8.28. The number of hydrogen-bond acceptors (Lipinski definition) is 3. The SMILES string of the molecule is CCCCC1NC(C(C)C)N(CC2CCN(C)C2)C1=O. The molecule has 4 heteroatoms. The van der Waals surface area contributed by atoms with Gasteiger partial charge in [-0.1, -0.05) is 33.6 Å². The van der Waals surface area contributed by atoms with Crippen LogP contribution in [0.1, 0.15) is 46.5 Å². The van der Waals surface area contributed by atoms with Crippen molar-refractivity contribution < 1.29 is 4.79 Å². The summed E-state index contributed by atoms with van der Waals surface area (Å²) >= 11 is 0. The molecule has 0 saturated carbocycles. The number of carbonyl (C=O) groups excluding carboxylic acids is 1. The van der Waals surface area contributed by atoms with Gasteiger partial charge in [-0.05, 0) is 38.3 Å². The molecule has 2 heterocycles. The van der Waals surface area contributed by atoms with Crippen molar-refractivity contribution in [1.82, 2.24) is 15.1 Å². The predicted octanol–water partition coefficient (Wildman–Crippen LogP) is 1.91. The second-order valence-corrected chi connectivity index (χ2v) is 6.96. The van der Waals surface area contributed by atoms with Crippen LogP contribution in [0, 0.1) is 11.8 Å². The van der Waals surface area contributed by atoms with Crippen molar-refractivity contribution in [2.24, 2.45) is 11.8 Å². The molecule has 0 aromatic rings. The van der Waals surface area contributed by atoms with Crippen LogP contribution in [0.4, 0.5) is 0 Å². The molecule has 2 aliphatic rings. The van der Waals surface area contributed by atoms with Crippen molar-refractivity contribution >= 4 is 5.91 Å². The molecule has 0 aromatic heterocycles. The summed E-state index contributed by atoms with van der Waals surface area (Å²) in [5, 5.41) is 3.57. The van der Waals surface area contributed by atoms with E-state index in [1.165, 1.54) is 13.0 Å². The fraction of sp³-hybridized carbons (Fsp3) is 0.938. The highest BCUT2D eigenvalue weighted by Gasteiger charge is 2.40. The average molecular weight is 281 g/mol. The van der Waals surface area contributed by atoms with Gasteiger partial charge >= 0.3 is 0 Å². The Morgan fingerprint density at radius 1 is 1.40 bits per heavy atom. The molecular weight excluding hydrogens is 250 g/mol. The topological polar surface area (TPSA) is 35.6 Å². The number of nitrogens with one attached hydrogen (secondary N) is 1. The molecule has 0 spiro atoms. The Hall–Kier alpha value is -0.610. The lowest BCUT2D eigenvalue weighted by molar-refractivity contribution is -0.131. The largest absolute Gasteiger partial charge is 0.325 e.